The third kappa shape index (κ3) is 2.32. The Labute approximate surface area is 107 Å². The second kappa shape index (κ2) is 4.85. The van der Waals surface area contributed by atoms with E-state index in [9.17, 15) is 0 Å². The van der Waals surface area contributed by atoms with Crippen LogP contribution in [0, 0.1) is 6.92 Å². The Morgan fingerprint density at radius 3 is 2.82 bits per heavy atom. The van der Waals surface area contributed by atoms with E-state index in [1.807, 2.05) is 13.0 Å². The van der Waals surface area contributed by atoms with E-state index in [2.05, 4.69) is 25.9 Å². The van der Waals surface area contributed by atoms with Gasteiger partial charge < -0.3 is 14.9 Å². The summed E-state index contributed by atoms with van der Waals surface area (Å²) in [6.07, 6.45) is 1.60. The van der Waals surface area contributed by atoms with Crippen LogP contribution in [-0.4, -0.2) is 17.1 Å². The molecule has 0 atom stereocenters. The lowest BCUT2D eigenvalue weighted by atomic mass is 10.2. The Balaban J connectivity index is 2.53. The predicted molar refractivity (Wildman–Crippen MR) is 67.3 cm³/mol. The maximum absolute atomic E-state index is 5.82. The monoisotopic (exact) mass is 297 g/mol. The Bertz CT molecular complexity index is 540. The topological polar surface area (TPSA) is 74.2 Å². The Morgan fingerprint density at radius 2 is 2.24 bits per heavy atom. The quantitative estimate of drug-likeness (QED) is 0.942. The lowest BCUT2D eigenvalue weighted by Gasteiger charge is -2.07. The molecule has 5 nitrogen and oxygen atoms in total. The third-order valence-corrected chi connectivity index (χ3v) is 3.19. The number of hydrogen-bond acceptors (Lipinski definition) is 5. The maximum atomic E-state index is 5.82. The molecule has 6 heteroatoms. The molecule has 17 heavy (non-hydrogen) atoms. The molecule has 0 aromatic carbocycles. The summed E-state index contributed by atoms with van der Waals surface area (Å²) in [5.41, 5.74) is 7.38. The van der Waals surface area contributed by atoms with Crippen molar-refractivity contribution in [3.8, 4) is 11.4 Å². The Hall–Kier alpha value is -1.40. The fraction of sp³-hybridized carbons (Fsp3) is 0.273. The third-order valence-electron chi connectivity index (χ3n) is 2.33. The first-order valence-electron chi connectivity index (χ1n) is 4.98. The van der Waals surface area contributed by atoms with Crippen LogP contribution in [0.15, 0.2) is 21.2 Å². The average Bonchev–Trinajstić information content (AvgIpc) is 2.71. The lowest BCUT2D eigenvalue weighted by molar-refractivity contribution is 0.181. The predicted octanol–water partition coefficient (Wildman–Crippen LogP) is 2.54. The zero-order chi connectivity index (χ0) is 12.4. The van der Waals surface area contributed by atoms with Gasteiger partial charge in [0.25, 0.3) is 0 Å². The molecule has 2 aromatic heterocycles. The van der Waals surface area contributed by atoms with E-state index in [-0.39, 0.29) is 0 Å². The number of hydrogen-bond donors (Lipinski definition) is 1. The van der Waals surface area contributed by atoms with Crippen LogP contribution in [0.5, 0.6) is 0 Å². The van der Waals surface area contributed by atoms with Gasteiger partial charge in [0.2, 0.25) is 0 Å². The number of furan rings is 1. The summed E-state index contributed by atoms with van der Waals surface area (Å²) < 4.78 is 11.0. The van der Waals surface area contributed by atoms with E-state index in [1.54, 1.807) is 13.4 Å². The van der Waals surface area contributed by atoms with E-state index in [1.165, 1.54) is 0 Å². The Morgan fingerprint density at radius 1 is 1.47 bits per heavy atom. The second-order valence-electron chi connectivity index (χ2n) is 3.52. The van der Waals surface area contributed by atoms with Crippen LogP contribution in [-0.2, 0) is 11.3 Å². The SMILES string of the molecule is COCc1nc(-c2ccoc2C)nc(N)c1Br. The van der Waals surface area contributed by atoms with Gasteiger partial charge in [0.1, 0.15) is 11.6 Å². The van der Waals surface area contributed by atoms with Gasteiger partial charge >= 0.3 is 0 Å². The van der Waals surface area contributed by atoms with Crippen LogP contribution >= 0.6 is 15.9 Å². The highest BCUT2D eigenvalue weighted by Crippen LogP contribution is 2.27. The summed E-state index contributed by atoms with van der Waals surface area (Å²) >= 11 is 3.34. The molecule has 0 saturated carbocycles. The van der Waals surface area contributed by atoms with Crippen molar-refractivity contribution < 1.29 is 9.15 Å². The number of rotatable bonds is 3. The molecule has 0 unspecified atom stereocenters. The highest BCUT2D eigenvalue weighted by molar-refractivity contribution is 9.10. The lowest BCUT2D eigenvalue weighted by Crippen LogP contribution is -2.03. The van der Waals surface area contributed by atoms with Crippen LogP contribution in [0.3, 0.4) is 0 Å². The summed E-state index contributed by atoms with van der Waals surface area (Å²) in [6, 6.07) is 1.81. The summed E-state index contributed by atoms with van der Waals surface area (Å²) in [5.74, 6) is 1.70. The van der Waals surface area contributed by atoms with E-state index >= 15 is 0 Å². The number of anilines is 1. The molecule has 0 saturated heterocycles. The first kappa shape index (κ1) is 12.1. The van der Waals surface area contributed by atoms with Gasteiger partial charge in [-0.1, -0.05) is 0 Å². The van der Waals surface area contributed by atoms with Gasteiger partial charge in [-0.2, -0.15) is 0 Å². The van der Waals surface area contributed by atoms with E-state index in [0.29, 0.717) is 22.7 Å². The Kier molecular flexibility index (Phi) is 3.44. The first-order valence-corrected chi connectivity index (χ1v) is 5.78. The summed E-state index contributed by atoms with van der Waals surface area (Å²) in [7, 11) is 1.60. The number of nitrogens with two attached hydrogens (primary N) is 1. The number of halogens is 1. The highest BCUT2D eigenvalue weighted by atomic mass is 79.9. The van der Waals surface area contributed by atoms with Crippen molar-refractivity contribution in [2.24, 2.45) is 0 Å². The molecule has 2 N–H and O–H groups in total. The molecular formula is C11H12BrN3O2. The summed E-state index contributed by atoms with van der Waals surface area (Å²) in [6.45, 7) is 2.23. The zero-order valence-electron chi connectivity index (χ0n) is 9.53. The average molecular weight is 298 g/mol. The number of aromatic nitrogens is 2. The molecule has 90 valence electrons. The molecule has 2 rings (SSSR count). The molecule has 0 aliphatic rings. The molecule has 0 radical (unpaired) electrons. The van der Waals surface area contributed by atoms with Gasteiger partial charge in [0.15, 0.2) is 5.82 Å². The second-order valence-corrected chi connectivity index (χ2v) is 4.31. The smallest absolute Gasteiger partial charge is 0.165 e. The molecule has 2 heterocycles. The van der Waals surface area contributed by atoms with Crippen LogP contribution in [0.2, 0.25) is 0 Å². The normalized spacial score (nSPS) is 10.8. The van der Waals surface area contributed by atoms with Crippen molar-refractivity contribution in [3.63, 3.8) is 0 Å². The van der Waals surface area contributed by atoms with E-state index in [0.717, 1.165) is 17.0 Å². The highest BCUT2D eigenvalue weighted by Gasteiger charge is 2.14. The van der Waals surface area contributed by atoms with E-state index < -0.39 is 0 Å². The van der Waals surface area contributed by atoms with Crippen LogP contribution in [0.1, 0.15) is 11.5 Å². The van der Waals surface area contributed by atoms with Crippen molar-refractivity contribution in [3.05, 3.63) is 28.3 Å². The largest absolute Gasteiger partial charge is 0.469 e. The van der Waals surface area contributed by atoms with Gasteiger partial charge in [-0.15, -0.1) is 0 Å². The number of nitrogen functional groups attached to an aromatic ring is 1. The molecule has 0 aliphatic carbocycles. The minimum absolute atomic E-state index is 0.372. The number of methoxy groups -OCH3 is 1. The minimum atomic E-state index is 0.372. The van der Waals surface area contributed by atoms with Crippen molar-refractivity contribution in [2.45, 2.75) is 13.5 Å². The van der Waals surface area contributed by atoms with Crippen LogP contribution in [0.25, 0.3) is 11.4 Å². The molecule has 2 aromatic rings. The fourth-order valence-corrected chi connectivity index (χ4v) is 1.77. The van der Waals surface area contributed by atoms with Gasteiger partial charge in [0, 0.05) is 7.11 Å². The zero-order valence-corrected chi connectivity index (χ0v) is 11.1. The van der Waals surface area contributed by atoms with Crippen molar-refractivity contribution in [2.75, 3.05) is 12.8 Å². The fourth-order valence-electron chi connectivity index (χ4n) is 1.48. The molecule has 0 amide bonds. The van der Waals surface area contributed by atoms with Crippen LogP contribution in [0.4, 0.5) is 5.82 Å². The number of aryl methyl sites for hydroxylation is 1. The molecular weight excluding hydrogens is 286 g/mol. The van der Waals surface area contributed by atoms with Gasteiger partial charge in [0.05, 0.1) is 28.6 Å². The molecule has 0 bridgehead atoms. The van der Waals surface area contributed by atoms with Crippen LogP contribution < -0.4 is 5.73 Å². The van der Waals surface area contributed by atoms with Gasteiger partial charge in [-0.25, -0.2) is 9.97 Å². The van der Waals surface area contributed by atoms with Crippen molar-refractivity contribution >= 4 is 21.7 Å². The van der Waals surface area contributed by atoms with E-state index in [4.69, 9.17) is 14.9 Å². The molecule has 0 spiro atoms. The number of ether oxygens (including phenoxy) is 1. The summed E-state index contributed by atoms with van der Waals surface area (Å²) in [4.78, 5) is 8.63. The maximum Gasteiger partial charge on any atom is 0.165 e. The van der Waals surface area contributed by atoms with Gasteiger partial charge in [-0.3, -0.25) is 0 Å². The number of nitrogens with zero attached hydrogens (tertiary/aromatic N) is 2. The first-order chi connectivity index (χ1) is 8.13. The molecule has 0 aliphatic heterocycles. The molecule has 0 fully saturated rings. The van der Waals surface area contributed by atoms with Crippen molar-refractivity contribution in [1.29, 1.82) is 0 Å². The van der Waals surface area contributed by atoms with Gasteiger partial charge in [-0.05, 0) is 28.9 Å². The standard InChI is InChI=1S/C11H12BrN3O2/c1-6-7(3-4-17-6)11-14-8(5-16-2)9(12)10(13)15-11/h3-4H,5H2,1-2H3,(H2,13,14,15). The minimum Gasteiger partial charge on any atom is -0.469 e. The van der Waals surface area contributed by atoms with Crippen molar-refractivity contribution in [1.82, 2.24) is 9.97 Å². The summed E-state index contributed by atoms with van der Waals surface area (Å²) in [5, 5.41) is 0.